The second kappa shape index (κ2) is 28.1. The Morgan fingerprint density at radius 1 is 0.617 bits per heavy atom. The van der Waals surface area contributed by atoms with Gasteiger partial charge in [0.1, 0.15) is 0 Å². The number of thiophene rings is 2. The molecule has 7 heteroatoms. The highest BCUT2D eigenvalue weighted by molar-refractivity contribution is 9.10. The van der Waals surface area contributed by atoms with Crippen LogP contribution in [-0.2, 0) is 17.6 Å². The zero-order valence-electron chi connectivity index (χ0n) is 28.9. The van der Waals surface area contributed by atoms with E-state index in [1.807, 2.05) is 11.3 Å². The molecular weight excluding hydrogens is 683 g/mol. The van der Waals surface area contributed by atoms with Gasteiger partial charge in [-0.2, -0.15) is 11.3 Å². The molecule has 2 aromatic carbocycles. The Morgan fingerprint density at radius 3 is 1.51 bits per heavy atom. The van der Waals surface area contributed by atoms with Gasteiger partial charge in [0.15, 0.2) is 0 Å². The van der Waals surface area contributed by atoms with Gasteiger partial charge < -0.3 is 14.8 Å². The van der Waals surface area contributed by atoms with Crippen molar-refractivity contribution in [2.75, 3.05) is 13.2 Å². The van der Waals surface area contributed by atoms with Crippen LogP contribution in [0.2, 0.25) is 0 Å². The van der Waals surface area contributed by atoms with E-state index in [9.17, 15) is 0 Å². The van der Waals surface area contributed by atoms with Gasteiger partial charge in [0.05, 0.1) is 0 Å². The summed E-state index contributed by atoms with van der Waals surface area (Å²) in [5, 5.41) is 20.9. The third-order valence-electron chi connectivity index (χ3n) is 7.94. The molecule has 4 aromatic rings. The molecule has 0 amide bonds. The van der Waals surface area contributed by atoms with E-state index in [2.05, 4.69) is 95.8 Å². The van der Waals surface area contributed by atoms with E-state index in [0.29, 0.717) is 4.78 Å². The van der Waals surface area contributed by atoms with Crippen molar-refractivity contribution in [1.82, 2.24) is 0 Å². The van der Waals surface area contributed by atoms with E-state index in [1.54, 1.807) is 17.5 Å². The van der Waals surface area contributed by atoms with Crippen LogP contribution in [0.3, 0.4) is 0 Å². The molecule has 1 aliphatic heterocycles. The number of unbranched alkanes of at least 4 members (excludes halogenated alkanes) is 10. The van der Waals surface area contributed by atoms with Gasteiger partial charge in [0.2, 0.25) is 0 Å². The summed E-state index contributed by atoms with van der Waals surface area (Å²) in [6.07, 6.45) is 21.6. The third-order valence-corrected chi connectivity index (χ3v) is 10.3. The number of aryl methyl sites for hydroxylation is 2. The lowest BCUT2D eigenvalue weighted by atomic mass is 9.90. The molecule has 47 heavy (non-hydrogen) atoms. The van der Waals surface area contributed by atoms with Crippen molar-refractivity contribution in [3.05, 3.63) is 99.2 Å². The molecule has 258 valence electrons. The summed E-state index contributed by atoms with van der Waals surface area (Å²) in [6, 6.07) is 25.6. The van der Waals surface area contributed by atoms with E-state index in [4.69, 9.17) is 14.8 Å². The van der Waals surface area contributed by atoms with E-state index >= 15 is 0 Å². The molecule has 0 saturated carbocycles. The van der Waals surface area contributed by atoms with Crippen LogP contribution in [0.4, 0.5) is 0 Å². The minimum Gasteiger partial charge on any atom is -0.423 e. The molecule has 2 N–H and O–H groups in total. The predicted octanol–water partition coefficient (Wildman–Crippen LogP) is 11.9. The Labute approximate surface area is 303 Å². The molecular formula is C40H58BBrO3S2. The van der Waals surface area contributed by atoms with Gasteiger partial charge in [-0.1, -0.05) is 149 Å². The summed E-state index contributed by atoms with van der Waals surface area (Å²) in [4.78, 5) is 1.37. The van der Waals surface area contributed by atoms with E-state index in [1.165, 1.54) is 140 Å². The maximum atomic E-state index is 8.48. The largest absolute Gasteiger partial charge is 0.499 e. The Kier molecular flexibility index (Phi) is 24.8. The van der Waals surface area contributed by atoms with Gasteiger partial charge in [-0.3, -0.25) is 0 Å². The zero-order chi connectivity index (χ0) is 33.8. The fraction of sp³-hybridized carbons (Fsp3) is 0.500. The smallest absolute Gasteiger partial charge is 0.423 e. The predicted molar refractivity (Wildman–Crippen MR) is 212 cm³/mol. The summed E-state index contributed by atoms with van der Waals surface area (Å²) in [7, 11) is -1.30. The average molecular weight is 742 g/mol. The molecule has 0 radical (unpaired) electrons. The van der Waals surface area contributed by atoms with Crippen molar-refractivity contribution in [3.63, 3.8) is 0 Å². The Bertz CT molecular complexity index is 1200. The molecule has 0 spiro atoms. The first-order valence-electron chi connectivity index (χ1n) is 17.9. The lowest BCUT2D eigenvalue weighted by Gasteiger charge is -2.03. The summed E-state index contributed by atoms with van der Waals surface area (Å²) >= 11 is 6.60. The van der Waals surface area contributed by atoms with Gasteiger partial charge in [0.25, 0.3) is 0 Å². The van der Waals surface area contributed by atoms with Crippen LogP contribution in [0.1, 0.15) is 115 Å². The molecule has 0 aliphatic carbocycles. The summed E-state index contributed by atoms with van der Waals surface area (Å²) in [6.45, 7) is 6.54. The molecule has 0 unspecified atom stereocenters. The van der Waals surface area contributed by atoms with Crippen LogP contribution in [0, 0.1) is 0 Å². The number of halogens is 1. The van der Waals surface area contributed by atoms with Gasteiger partial charge >= 0.3 is 7.12 Å². The normalized spacial score (nSPS) is 11.9. The van der Waals surface area contributed by atoms with E-state index in [0.717, 1.165) is 13.2 Å². The molecule has 1 fully saturated rings. The van der Waals surface area contributed by atoms with Crippen LogP contribution in [0.15, 0.2) is 88.0 Å². The van der Waals surface area contributed by atoms with Crippen molar-refractivity contribution in [1.29, 1.82) is 0 Å². The van der Waals surface area contributed by atoms with Crippen molar-refractivity contribution in [3.8, 4) is 10.4 Å². The molecule has 3 nitrogen and oxygen atoms in total. The first kappa shape index (κ1) is 41.4. The second-order valence-corrected chi connectivity index (χ2v) is 14.9. The monoisotopic (exact) mass is 740 g/mol. The lowest BCUT2D eigenvalue weighted by molar-refractivity contribution is 0.198. The molecule has 2 aromatic heterocycles. The minimum absolute atomic E-state index is 0.588. The van der Waals surface area contributed by atoms with Crippen molar-refractivity contribution < 1.29 is 14.8 Å². The molecule has 1 saturated heterocycles. The van der Waals surface area contributed by atoms with Gasteiger partial charge in [-0.15, -0.1) is 11.3 Å². The van der Waals surface area contributed by atoms with Crippen LogP contribution < -0.4 is 4.78 Å². The number of hydrogen-bond donors (Lipinski definition) is 2. The Hall–Kier alpha value is -1.74. The Morgan fingerprint density at radius 2 is 1.11 bits per heavy atom. The first-order valence-corrected chi connectivity index (χ1v) is 20.4. The number of ether oxygens (including phenoxy) is 1. The van der Waals surface area contributed by atoms with Crippen molar-refractivity contribution in [2.24, 2.45) is 0 Å². The standard InChI is InChI=1S/C18H24S.C14H21Br.C4H5BO2S.C4H8O/c1-2-3-4-5-6-7-9-16-11-13-17(14-12-16)18-10-8-15-19-18;1-2-3-4-5-6-7-8-13-9-11-14(15)12-10-13;6-5(7)4-2-1-3-8-4;1-2-4-5-3-1/h8,10-15H,2-7,9H2,1H3;9-12H,2-8H2,1H3;1-3,6-7H;1-4H2. The fourth-order valence-electron chi connectivity index (χ4n) is 5.10. The lowest BCUT2D eigenvalue weighted by Crippen LogP contribution is -2.26. The number of hydrogen-bond acceptors (Lipinski definition) is 5. The molecule has 0 atom stereocenters. The second-order valence-electron chi connectivity index (χ2n) is 12.0. The van der Waals surface area contributed by atoms with Crippen LogP contribution in [0.25, 0.3) is 10.4 Å². The van der Waals surface area contributed by atoms with Crippen molar-refractivity contribution in [2.45, 2.75) is 117 Å². The molecule has 5 rings (SSSR count). The number of rotatable bonds is 16. The highest BCUT2D eigenvalue weighted by atomic mass is 79.9. The van der Waals surface area contributed by atoms with Crippen LogP contribution in [-0.4, -0.2) is 30.4 Å². The minimum atomic E-state index is -1.30. The third kappa shape index (κ3) is 21.1. The van der Waals surface area contributed by atoms with Gasteiger partial charge in [0, 0.05) is 27.3 Å². The van der Waals surface area contributed by atoms with Gasteiger partial charge in [-0.05, 0) is 84.2 Å². The summed E-state index contributed by atoms with van der Waals surface area (Å²) in [5.41, 5.74) is 4.30. The molecule has 1 aliphatic rings. The maximum Gasteiger partial charge on any atom is 0.499 e. The first-order chi connectivity index (χ1) is 23.0. The Balaban J connectivity index is 0.000000241. The maximum absolute atomic E-state index is 8.48. The fourth-order valence-corrected chi connectivity index (χ4v) is 6.69. The van der Waals surface area contributed by atoms with E-state index in [-0.39, 0.29) is 0 Å². The molecule has 0 bridgehead atoms. The SMILES string of the molecule is C1CCOC1.CCCCCCCCc1ccc(-c2cccs2)cc1.CCCCCCCCc1ccc(Br)cc1.OB(O)c1cccs1. The highest BCUT2D eigenvalue weighted by Crippen LogP contribution is 2.25. The van der Waals surface area contributed by atoms with Crippen LogP contribution >= 0.6 is 38.6 Å². The zero-order valence-corrected chi connectivity index (χ0v) is 32.1. The highest BCUT2D eigenvalue weighted by Gasteiger charge is 2.09. The molecule has 3 heterocycles. The van der Waals surface area contributed by atoms with Gasteiger partial charge in [-0.25, -0.2) is 0 Å². The summed E-state index contributed by atoms with van der Waals surface area (Å²) in [5.74, 6) is 0. The topological polar surface area (TPSA) is 49.7 Å². The van der Waals surface area contributed by atoms with E-state index < -0.39 is 7.12 Å². The van der Waals surface area contributed by atoms with Crippen LogP contribution in [0.5, 0.6) is 0 Å². The average Bonchev–Trinajstić information content (AvgIpc) is 3.92. The number of benzene rings is 2. The quantitative estimate of drug-likeness (QED) is 0.0888. The summed E-state index contributed by atoms with van der Waals surface area (Å²) < 4.78 is 6.71. The van der Waals surface area contributed by atoms with Crippen molar-refractivity contribution >= 4 is 50.5 Å².